The highest BCUT2D eigenvalue weighted by Crippen LogP contribution is 2.40. The molecule has 5 nitrogen and oxygen atoms in total. The number of amides is 1. The molecule has 2 aromatic carbocycles. The van der Waals surface area contributed by atoms with Crippen LogP contribution >= 0.6 is 0 Å². The summed E-state index contributed by atoms with van der Waals surface area (Å²) in [5.41, 5.74) is 2.06. The first kappa shape index (κ1) is 17.6. The normalized spacial score (nSPS) is 15.6. The Balaban J connectivity index is 1.57. The van der Waals surface area contributed by atoms with Crippen molar-refractivity contribution in [3.05, 3.63) is 65.7 Å². The Bertz CT molecular complexity index is 829. The Kier molecular flexibility index (Phi) is 5.20. The predicted molar refractivity (Wildman–Crippen MR) is 96.2 cm³/mol. The highest BCUT2D eigenvalue weighted by atomic mass is 32.2. The molecular weight excluding hydrogens is 336 g/mol. The van der Waals surface area contributed by atoms with Crippen LogP contribution in [0, 0.1) is 5.92 Å². The predicted octanol–water partition coefficient (Wildman–Crippen LogP) is 2.53. The molecule has 0 aliphatic heterocycles. The summed E-state index contributed by atoms with van der Waals surface area (Å²) in [6.07, 6.45) is 3.22. The zero-order chi connectivity index (χ0) is 17.9. The molecule has 3 rings (SSSR count). The summed E-state index contributed by atoms with van der Waals surface area (Å²) in [6.45, 7) is 0. The van der Waals surface area contributed by atoms with Crippen molar-refractivity contribution in [2.45, 2.75) is 36.6 Å². The molecule has 0 radical (unpaired) electrons. The highest BCUT2D eigenvalue weighted by molar-refractivity contribution is 7.89. The van der Waals surface area contributed by atoms with Gasteiger partial charge in [0.1, 0.15) is 0 Å². The van der Waals surface area contributed by atoms with E-state index in [1.165, 1.54) is 12.1 Å². The maximum absolute atomic E-state index is 12.3. The summed E-state index contributed by atoms with van der Waals surface area (Å²) < 4.78 is 22.5. The van der Waals surface area contributed by atoms with Crippen LogP contribution in [0.1, 0.15) is 36.4 Å². The Morgan fingerprint density at radius 3 is 2.28 bits per heavy atom. The molecule has 0 aromatic heterocycles. The Hall–Kier alpha value is -2.18. The van der Waals surface area contributed by atoms with Crippen LogP contribution in [0.4, 0.5) is 0 Å². The van der Waals surface area contributed by atoms with Crippen LogP contribution in [0.25, 0.3) is 0 Å². The monoisotopic (exact) mass is 358 g/mol. The van der Waals surface area contributed by atoms with Crippen molar-refractivity contribution in [3.8, 4) is 0 Å². The first-order valence-electron chi connectivity index (χ1n) is 8.39. The number of hydrogen-bond acceptors (Lipinski definition) is 3. The van der Waals surface area contributed by atoms with Gasteiger partial charge >= 0.3 is 0 Å². The van der Waals surface area contributed by atoms with Gasteiger partial charge in [-0.15, -0.1) is 0 Å². The van der Waals surface area contributed by atoms with Gasteiger partial charge in [0, 0.05) is 6.42 Å². The van der Waals surface area contributed by atoms with Crippen molar-refractivity contribution < 1.29 is 13.2 Å². The fourth-order valence-electron chi connectivity index (χ4n) is 2.91. The van der Waals surface area contributed by atoms with Gasteiger partial charge in [0.15, 0.2) is 0 Å². The molecule has 1 aliphatic carbocycles. The van der Waals surface area contributed by atoms with Crippen molar-refractivity contribution in [1.82, 2.24) is 5.32 Å². The molecule has 1 atom stereocenters. The van der Waals surface area contributed by atoms with Crippen LogP contribution in [-0.2, 0) is 21.2 Å². The summed E-state index contributed by atoms with van der Waals surface area (Å²) in [7, 11) is -3.68. The lowest BCUT2D eigenvalue weighted by Crippen LogP contribution is -2.30. The summed E-state index contributed by atoms with van der Waals surface area (Å²) in [6, 6.07) is 16.5. The average Bonchev–Trinajstić information content (AvgIpc) is 3.43. The van der Waals surface area contributed by atoms with Gasteiger partial charge < -0.3 is 5.32 Å². The molecule has 1 fully saturated rings. The fraction of sp³-hybridized carbons (Fsp3) is 0.316. The first-order chi connectivity index (χ1) is 11.9. The minimum absolute atomic E-state index is 0.0104. The summed E-state index contributed by atoms with van der Waals surface area (Å²) in [5, 5.41) is 8.23. The van der Waals surface area contributed by atoms with E-state index in [2.05, 4.69) is 17.4 Å². The molecule has 1 amide bonds. The Morgan fingerprint density at radius 1 is 1.08 bits per heavy atom. The molecule has 0 heterocycles. The lowest BCUT2D eigenvalue weighted by atomic mass is 10.0. The SMILES string of the molecule is NS(=O)(=O)c1ccc(CCC(=O)N[C@H](c2ccccc2)C2CC2)cc1. The van der Waals surface area contributed by atoms with Gasteiger partial charge in [0.05, 0.1) is 10.9 Å². The van der Waals surface area contributed by atoms with Crippen molar-refractivity contribution in [2.75, 3.05) is 0 Å². The number of carbonyl (C=O) groups is 1. The minimum Gasteiger partial charge on any atom is -0.349 e. The van der Waals surface area contributed by atoms with E-state index in [0.717, 1.165) is 24.0 Å². The molecule has 25 heavy (non-hydrogen) atoms. The molecule has 0 unspecified atom stereocenters. The number of carbonyl (C=O) groups excluding carboxylic acids is 1. The van der Waals surface area contributed by atoms with Gasteiger partial charge in [-0.05, 0) is 48.4 Å². The van der Waals surface area contributed by atoms with Crippen molar-refractivity contribution in [3.63, 3.8) is 0 Å². The van der Waals surface area contributed by atoms with E-state index in [1.807, 2.05) is 18.2 Å². The van der Waals surface area contributed by atoms with E-state index >= 15 is 0 Å². The Labute approximate surface area is 148 Å². The third-order valence-corrected chi connectivity index (χ3v) is 5.39. The van der Waals surface area contributed by atoms with Gasteiger partial charge in [-0.3, -0.25) is 4.79 Å². The van der Waals surface area contributed by atoms with Crippen LogP contribution in [0.15, 0.2) is 59.5 Å². The summed E-state index contributed by atoms with van der Waals surface area (Å²) in [4.78, 5) is 12.4. The zero-order valence-corrected chi connectivity index (χ0v) is 14.7. The maximum atomic E-state index is 12.3. The average molecular weight is 358 g/mol. The van der Waals surface area contributed by atoms with Crippen LogP contribution in [0.2, 0.25) is 0 Å². The van der Waals surface area contributed by atoms with Gasteiger partial charge in [-0.25, -0.2) is 13.6 Å². The smallest absolute Gasteiger partial charge is 0.238 e. The lowest BCUT2D eigenvalue weighted by Gasteiger charge is -2.19. The number of hydrogen-bond donors (Lipinski definition) is 2. The largest absolute Gasteiger partial charge is 0.349 e. The molecule has 6 heteroatoms. The quantitative estimate of drug-likeness (QED) is 0.797. The molecule has 0 bridgehead atoms. The van der Waals surface area contributed by atoms with E-state index in [0.29, 0.717) is 18.8 Å². The van der Waals surface area contributed by atoms with E-state index in [4.69, 9.17) is 5.14 Å². The standard InChI is InChI=1S/C19H22N2O3S/c20-25(23,24)17-11-6-14(7-12-17)8-13-18(22)21-19(16-9-10-16)15-4-2-1-3-5-15/h1-7,11-12,16,19H,8-10,13H2,(H,21,22)(H2,20,23,24)/t19-/m1/s1. The van der Waals surface area contributed by atoms with Gasteiger partial charge in [-0.1, -0.05) is 42.5 Å². The minimum atomic E-state index is -3.68. The number of rotatable bonds is 7. The summed E-state index contributed by atoms with van der Waals surface area (Å²) in [5.74, 6) is 0.539. The second-order valence-electron chi connectivity index (χ2n) is 6.48. The van der Waals surface area contributed by atoms with E-state index in [-0.39, 0.29) is 16.8 Å². The molecule has 0 saturated heterocycles. The number of nitrogens with one attached hydrogen (secondary N) is 1. The lowest BCUT2D eigenvalue weighted by molar-refractivity contribution is -0.122. The van der Waals surface area contributed by atoms with Gasteiger partial charge in [-0.2, -0.15) is 0 Å². The third kappa shape index (κ3) is 4.90. The topological polar surface area (TPSA) is 89.3 Å². The number of nitrogens with two attached hydrogens (primary N) is 1. The number of sulfonamides is 1. The number of aryl methyl sites for hydroxylation is 1. The van der Waals surface area contributed by atoms with Crippen molar-refractivity contribution in [1.29, 1.82) is 0 Å². The molecule has 1 aliphatic rings. The van der Waals surface area contributed by atoms with Crippen molar-refractivity contribution >= 4 is 15.9 Å². The molecule has 2 aromatic rings. The highest BCUT2D eigenvalue weighted by Gasteiger charge is 2.33. The summed E-state index contributed by atoms with van der Waals surface area (Å²) >= 11 is 0. The second-order valence-corrected chi connectivity index (χ2v) is 8.04. The van der Waals surface area contributed by atoms with E-state index in [1.54, 1.807) is 12.1 Å². The number of benzene rings is 2. The zero-order valence-electron chi connectivity index (χ0n) is 13.9. The van der Waals surface area contributed by atoms with Crippen molar-refractivity contribution in [2.24, 2.45) is 11.1 Å². The molecule has 3 N–H and O–H groups in total. The molecule has 1 saturated carbocycles. The number of primary sulfonamides is 1. The second kappa shape index (κ2) is 7.37. The Morgan fingerprint density at radius 2 is 1.72 bits per heavy atom. The van der Waals surface area contributed by atoms with Crippen LogP contribution in [0.3, 0.4) is 0 Å². The molecular formula is C19H22N2O3S. The van der Waals surface area contributed by atoms with Crippen LogP contribution < -0.4 is 10.5 Å². The van der Waals surface area contributed by atoms with E-state index < -0.39 is 10.0 Å². The van der Waals surface area contributed by atoms with Gasteiger partial charge in [0.2, 0.25) is 15.9 Å². The van der Waals surface area contributed by atoms with Crippen LogP contribution in [-0.4, -0.2) is 14.3 Å². The fourth-order valence-corrected chi connectivity index (χ4v) is 3.43. The third-order valence-electron chi connectivity index (χ3n) is 4.46. The molecule has 132 valence electrons. The molecule has 0 spiro atoms. The first-order valence-corrected chi connectivity index (χ1v) is 9.94. The van der Waals surface area contributed by atoms with Gasteiger partial charge in [0.25, 0.3) is 0 Å². The van der Waals surface area contributed by atoms with Crippen LogP contribution in [0.5, 0.6) is 0 Å². The van der Waals surface area contributed by atoms with E-state index in [9.17, 15) is 13.2 Å². The maximum Gasteiger partial charge on any atom is 0.238 e.